The summed E-state index contributed by atoms with van der Waals surface area (Å²) in [6.45, 7) is 0.325. The summed E-state index contributed by atoms with van der Waals surface area (Å²) in [5.74, 6) is -1.61. The van der Waals surface area contributed by atoms with Crippen molar-refractivity contribution in [3.05, 3.63) is 59.9 Å². The highest BCUT2D eigenvalue weighted by Gasteiger charge is 2.33. The topological polar surface area (TPSA) is 95.6 Å². The van der Waals surface area contributed by atoms with Crippen LogP contribution in [0.5, 0.6) is 0 Å². The second-order valence-electron chi connectivity index (χ2n) is 9.00. The first-order valence-corrected chi connectivity index (χ1v) is 13.2. The summed E-state index contributed by atoms with van der Waals surface area (Å²) in [5, 5.41) is 5.92. The van der Waals surface area contributed by atoms with Gasteiger partial charge in [-0.2, -0.15) is 4.31 Å². The molecule has 1 aliphatic heterocycles. The molecule has 2 aromatic carbocycles. The average Bonchev–Trinajstić information content (AvgIpc) is 2.85. The number of nitrogens with one attached hydrogen (secondary N) is 2. The number of carbonyl (C=O) groups excluding carboxylic acids is 2. The highest BCUT2D eigenvalue weighted by Crippen LogP contribution is 2.26. The molecule has 182 valence electrons. The van der Waals surface area contributed by atoms with Crippen molar-refractivity contribution in [2.45, 2.75) is 55.9 Å². The molecule has 9 heteroatoms. The largest absolute Gasteiger partial charge is 0.349 e. The minimum absolute atomic E-state index is 0.000289. The fourth-order valence-electron chi connectivity index (χ4n) is 4.67. The molecule has 1 saturated heterocycles. The Morgan fingerprint density at radius 2 is 1.62 bits per heavy atom. The molecule has 1 atom stereocenters. The number of benzene rings is 2. The van der Waals surface area contributed by atoms with Gasteiger partial charge in [0, 0.05) is 19.1 Å². The van der Waals surface area contributed by atoms with Gasteiger partial charge in [0.25, 0.3) is 5.91 Å². The van der Waals surface area contributed by atoms with E-state index in [0.717, 1.165) is 37.8 Å². The third-order valence-corrected chi connectivity index (χ3v) is 8.46. The van der Waals surface area contributed by atoms with Crippen molar-refractivity contribution in [3.8, 4) is 0 Å². The number of halogens is 1. The lowest BCUT2D eigenvalue weighted by molar-refractivity contribution is -0.120. The van der Waals surface area contributed by atoms with Gasteiger partial charge in [0.15, 0.2) is 0 Å². The van der Waals surface area contributed by atoms with Gasteiger partial charge in [0.1, 0.15) is 5.82 Å². The maximum absolute atomic E-state index is 13.2. The first-order chi connectivity index (χ1) is 16.3. The van der Waals surface area contributed by atoms with Gasteiger partial charge in [0.05, 0.1) is 22.1 Å². The number of nitrogens with zero attached hydrogens (tertiary/aromatic N) is 1. The van der Waals surface area contributed by atoms with Crippen molar-refractivity contribution in [2.24, 2.45) is 5.92 Å². The predicted octanol–water partition coefficient (Wildman–Crippen LogP) is 3.93. The minimum Gasteiger partial charge on any atom is -0.349 e. The Labute approximate surface area is 199 Å². The van der Waals surface area contributed by atoms with E-state index in [2.05, 4.69) is 10.6 Å². The second-order valence-corrected chi connectivity index (χ2v) is 10.9. The molecule has 2 aliphatic rings. The monoisotopic (exact) mass is 487 g/mol. The van der Waals surface area contributed by atoms with Crippen molar-refractivity contribution < 1.29 is 22.4 Å². The van der Waals surface area contributed by atoms with Gasteiger partial charge in [-0.3, -0.25) is 9.59 Å². The van der Waals surface area contributed by atoms with Gasteiger partial charge >= 0.3 is 0 Å². The molecule has 4 rings (SSSR count). The molecule has 0 aromatic heterocycles. The first kappa shape index (κ1) is 24.3. The van der Waals surface area contributed by atoms with E-state index >= 15 is 0 Å². The maximum atomic E-state index is 13.2. The Hall–Kier alpha value is -2.78. The minimum atomic E-state index is -3.83. The smallest absolute Gasteiger partial charge is 0.253 e. The highest BCUT2D eigenvalue weighted by atomic mass is 32.2. The number of piperidine rings is 1. The van der Waals surface area contributed by atoms with Crippen LogP contribution in [-0.2, 0) is 14.8 Å². The highest BCUT2D eigenvalue weighted by molar-refractivity contribution is 7.89. The SMILES string of the molecule is O=C(NC1CCCCC1)c1ccccc1NC(=O)[C@@H]1CCCN(S(=O)(=O)c2ccc(F)cc2)C1. The Bertz CT molecular complexity index is 1130. The zero-order valence-corrected chi connectivity index (χ0v) is 19.8. The summed E-state index contributed by atoms with van der Waals surface area (Å²) < 4.78 is 40.4. The van der Waals surface area contributed by atoms with Gasteiger partial charge in [-0.1, -0.05) is 31.4 Å². The van der Waals surface area contributed by atoms with E-state index in [9.17, 15) is 22.4 Å². The van der Waals surface area contributed by atoms with Gasteiger partial charge in [-0.15, -0.1) is 0 Å². The van der Waals surface area contributed by atoms with E-state index in [1.54, 1.807) is 24.3 Å². The number of hydrogen-bond donors (Lipinski definition) is 2. The molecule has 1 saturated carbocycles. The molecule has 2 aromatic rings. The van der Waals surface area contributed by atoms with Gasteiger partial charge in [-0.25, -0.2) is 12.8 Å². The number of hydrogen-bond acceptors (Lipinski definition) is 4. The van der Waals surface area contributed by atoms with Crippen LogP contribution in [0, 0.1) is 11.7 Å². The summed E-state index contributed by atoms with van der Waals surface area (Å²) in [5.41, 5.74) is 0.812. The van der Waals surface area contributed by atoms with Crippen LogP contribution < -0.4 is 10.6 Å². The molecule has 2 N–H and O–H groups in total. The van der Waals surface area contributed by atoms with Crippen LogP contribution in [0.25, 0.3) is 0 Å². The lowest BCUT2D eigenvalue weighted by Gasteiger charge is -2.31. The van der Waals surface area contributed by atoms with Crippen LogP contribution in [0.15, 0.2) is 53.4 Å². The molecule has 0 bridgehead atoms. The summed E-state index contributed by atoms with van der Waals surface area (Å²) in [4.78, 5) is 26.0. The van der Waals surface area contributed by atoms with Crippen LogP contribution in [0.4, 0.5) is 10.1 Å². The summed E-state index contributed by atoms with van der Waals surface area (Å²) >= 11 is 0. The predicted molar refractivity (Wildman–Crippen MR) is 127 cm³/mol. The second kappa shape index (κ2) is 10.7. The average molecular weight is 488 g/mol. The fraction of sp³-hybridized carbons (Fsp3) is 0.440. The fourth-order valence-corrected chi connectivity index (χ4v) is 6.19. The molecule has 0 unspecified atom stereocenters. The van der Waals surface area contributed by atoms with Crippen LogP contribution >= 0.6 is 0 Å². The van der Waals surface area contributed by atoms with Crippen LogP contribution in [0.3, 0.4) is 0 Å². The van der Waals surface area contributed by atoms with E-state index < -0.39 is 21.8 Å². The van der Waals surface area contributed by atoms with Crippen LogP contribution in [0.1, 0.15) is 55.3 Å². The van der Waals surface area contributed by atoms with Crippen LogP contribution in [-0.4, -0.2) is 43.7 Å². The molecule has 7 nitrogen and oxygen atoms in total. The number of carbonyl (C=O) groups is 2. The van der Waals surface area contributed by atoms with Crippen molar-refractivity contribution in [2.75, 3.05) is 18.4 Å². The quantitative estimate of drug-likeness (QED) is 0.646. The molecular weight excluding hydrogens is 457 g/mol. The van der Waals surface area contributed by atoms with Crippen LogP contribution in [0.2, 0.25) is 0 Å². The zero-order valence-electron chi connectivity index (χ0n) is 19.0. The number of sulfonamides is 1. The summed E-state index contributed by atoms with van der Waals surface area (Å²) in [6, 6.07) is 11.7. The molecule has 1 heterocycles. The van der Waals surface area contributed by atoms with Gasteiger partial charge < -0.3 is 10.6 Å². The molecule has 0 spiro atoms. The Morgan fingerprint density at radius 3 is 2.35 bits per heavy atom. The number of anilines is 1. The molecule has 2 fully saturated rings. The third-order valence-electron chi connectivity index (χ3n) is 6.58. The number of para-hydroxylation sites is 1. The third kappa shape index (κ3) is 5.64. The maximum Gasteiger partial charge on any atom is 0.253 e. The lowest BCUT2D eigenvalue weighted by Crippen LogP contribution is -2.43. The number of rotatable bonds is 6. The molecule has 2 amide bonds. The van der Waals surface area contributed by atoms with Gasteiger partial charge in [-0.05, 0) is 62.1 Å². The molecular formula is C25H30FN3O4S. The molecule has 1 aliphatic carbocycles. The molecule has 34 heavy (non-hydrogen) atoms. The van der Waals surface area contributed by atoms with E-state index in [1.807, 2.05) is 0 Å². The Kier molecular flexibility index (Phi) is 7.63. The standard InChI is InChI=1S/C25H30FN3O4S/c26-19-12-14-21(15-13-19)34(32,33)29-16-6-7-18(17-29)24(30)28-23-11-5-4-10-22(23)25(31)27-20-8-2-1-3-9-20/h4-5,10-15,18,20H,1-3,6-9,16-17H2,(H,27,31)(H,28,30)/t18-/m1/s1. The van der Waals surface area contributed by atoms with E-state index in [0.29, 0.717) is 30.6 Å². The number of amides is 2. The van der Waals surface area contributed by atoms with E-state index in [1.165, 1.54) is 22.9 Å². The Morgan fingerprint density at radius 1 is 0.912 bits per heavy atom. The zero-order chi connectivity index (χ0) is 24.1. The normalized spacial score (nSPS) is 20.0. The van der Waals surface area contributed by atoms with Crippen molar-refractivity contribution in [1.29, 1.82) is 0 Å². The van der Waals surface area contributed by atoms with E-state index in [4.69, 9.17) is 0 Å². The summed E-state index contributed by atoms with van der Waals surface area (Å²) in [6.07, 6.45) is 6.38. The molecule has 0 radical (unpaired) electrons. The lowest BCUT2D eigenvalue weighted by atomic mass is 9.95. The van der Waals surface area contributed by atoms with Crippen molar-refractivity contribution >= 4 is 27.5 Å². The summed E-state index contributed by atoms with van der Waals surface area (Å²) in [7, 11) is -3.83. The van der Waals surface area contributed by atoms with Crippen molar-refractivity contribution in [1.82, 2.24) is 9.62 Å². The van der Waals surface area contributed by atoms with Gasteiger partial charge in [0.2, 0.25) is 15.9 Å². The Balaban J connectivity index is 1.43. The van der Waals surface area contributed by atoms with E-state index in [-0.39, 0.29) is 29.3 Å². The first-order valence-electron chi connectivity index (χ1n) is 11.8. The van der Waals surface area contributed by atoms with Crippen molar-refractivity contribution in [3.63, 3.8) is 0 Å².